The van der Waals surface area contributed by atoms with Gasteiger partial charge in [-0.05, 0) is 13.3 Å². The van der Waals surface area contributed by atoms with Crippen LogP contribution >= 0.6 is 0 Å². The van der Waals surface area contributed by atoms with Crippen LogP contribution in [-0.4, -0.2) is 16.3 Å². The molecule has 1 heterocycles. The number of imidazole rings is 1. The summed E-state index contributed by atoms with van der Waals surface area (Å²) in [6.07, 6.45) is 5.82. The molecule has 0 atom stereocenters. The molecule has 0 aliphatic rings. The van der Waals surface area contributed by atoms with Crippen LogP contribution < -0.4 is 4.84 Å². The SMILES string of the molecule is CCCCOn1ccnc1C. The van der Waals surface area contributed by atoms with Gasteiger partial charge in [-0.25, -0.2) is 4.98 Å². The van der Waals surface area contributed by atoms with E-state index in [0.29, 0.717) is 0 Å². The molecule has 1 rings (SSSR count). The molecule has 0 unspecified atom stereocenters. The van der Waals surface area contributed by atoms with Gasteiger partial charge in [0.2, 0.25) is 0 Å². The highest BCUT2D eigenvalue weighted by Crippen LogP contribution is 1.92. The van der Waals surface area contributed by atoms with Crippen LogP contribution in [0.5, 0.6) is 0 Å². The Morgan fingerprint density at radius 3 is 3.00 bits per heavy atom. The number of aryl methyl sites for hydroxylation is 1. The largest absolute Gasteiger partial charge is 0.413 e. The lowest BCUT2D eigenvalue weighted by atomic mass is 10.4. The van der Waals surface area contributed by atoms with Gasteiger partial charge in [-0.2, -0.15) is 4.73 Å². The van der Waals surface area contributed by atoms with Gasteiger partial charge in [0, 0.05) is 6.20 Å². The summed E-state index contributed by atoms with van der Waals surface area (Å²) >= 11 is 0. The minimum atomic E-state index is 0.772. The van der Waals surface area contributed by atoms with Crippen molar-refractivity contribution in [3.8, 4) is 0 Å². The molecular formula is C8H14N2O. The van der Waals surface area contributed by atoms with Crippen molar-refractivity contribution in [2.24, 2.45) is 0 Å². The number of unbranched alkanes of at least 4 members (excludes halogenated alkanes) is 1. The summed E-state index contributed by atoms with van der Waals surface area (Å²) in [5, 5.41) is 0. The zero-order valence-corrected chi connectivity index (χ0v) is 7.08. The summed E-state index contributed by atoms with van der Waals surface area (Å²) in [4.78, 5) is 9.40. The lowest BCUT2D eigenvalue weighted by Crippen LogP contribution is -2.12. The van der Waals surface area contributed by atoms with E-state index in [4.69, 9.17) is 4.84 Å². The van der Waals surface area contributed by atoms with E-state index in [-0.39, 0.29) is 0 Å². The number of aromatic nitrogens is 2. The van der Waals surface area contributed by atoms with Gasteiger partial charge in [0.1, 0.15) is 12.4 Å². The van der Waals surface area contributed by atoms with Crippen LogP contribution in [0.1, 0.15) is 25.6 Å². The van der Waals surface area contributed by atoms with Crippen LogP contribution in [0.3, 0.4) is 0 Å². The average Bonchev–Trinajstić information content (AvgIpc) is 2.37. The van der Waals surface area contributed by atoms with Crippen molar-refractivity contribution < 1.29 is 4.84 Å². The molecule has 0 saturated heterocycles. The van der Waals surface area contributed by atoms with Crippen LogP contribution in [0.2, 0.25) is 0 Å². The van der Waals surface area contributed by atoms with E-state index >= 15 is 0 Å². The Labute approximate surface area is 67.0 Å². The first-order chi connectivity index (χ1) is 5.34. The molecule has 3 nitrogen and oxygen atoms in total. The quantitative estimate of drug-likeness (QED) is 0.613. The molecule has 0 aromatic carbocycles. The number of rotatable bonds is 4. The fourth-order valence-corrected chi connectivity index (χ4v) is 0.810. The second kappa shape index (κ2) is 4.01. The molecule has 3 heteroatoms. The van der Waals surface area contributed by atoms with E-state index in [1.807, 2.05) is 13.1 Å². The van der Waals surface area contributed by atoms with Gasteiger partial charge in [0.15, 0.2) is 0 Å². The zero-order chi connectivity index (χ0) is 8.10. The fraction of sp³-hybridized carbons (Fsp3) is 0.625. The highest BCUT2D eigenvalue weighted by molar-refractivity contribution is 4.84. The third-order valence-electron chi connectivity index (χ3n) is 1.51. The number of hydrogen-bond donors (Lipinski definition) is 0. The molecule has 1 aromatic heterocycles. The van der Waals surface area contributed by atoms with Crippen molar-refractivity contribution in [1.29, 1.82) is 0 Å². The van der Waals surface area contributed by atoms with Crippen molar-refractivity contribution in [3.63, 3.8) is 0 Å². The Morgan fingerprint density at radius 1 is 1.64 bits per heavy atom. The average molecular weight is 154 g/mol. The van der Waals surface area contributed by atoms with Crippen LogP contribution in [0, 0.1) is 6.92 Å². The number of nitrogens with zero attached hydrogens (tertiary/aromatic N) is 2. The maximum atomic E-state index is 5.37. The monoisotopic (exact) mass is 154 g/mol. The van der Waals surface area contributed by atoms with Crippen LogP contribution in [-0.2, 0) is 0 Å². The minimum Gasteiger partial charge on any atom is -0.413 e. The molecule has 0 saturated carbocycles. The standard InChI is InChI=1S/C8H14N2O/c1-3-4-7-11-10-6-5-9-8(10)2/h5-6H,3-4,7H2,1-2H3. The van der Waals surface area contributed by atoms with Crippen LogP contribution in [0.25, 0.3) is 0 Å². The maximum Gasteiger partial charge on any atom is 0.141 e. The Morgan fingerprint density at radius 2 is 2.45 bits per heavy atom. The third-order valence-corrected chi connectivity index (χ3v) is 1.51. The Kier molecular flexibility index (Phi) is 2.95. The predicted octanol–water partition coefficient (Wildman–Crippen LogP) is 1.42. The topological polar surface area (TPSA) is 27.1 Å². The van der Waals surface area contributed by atoms with Crippen LogP contribution in [0.4, 0.5) is 0 Å². The molecule has 11 heavy (non-hydrogen) atoms. The molecule has 0 amide bonds. The first-order valence-corrected chi connectivity index (χ1v) is 3.98. The molecule has 0 bridgehead atoms. The summed E-state index contributed by atoms with van der Waals surface area (Å²) in [6.45, 7) is 4.84. The first-order valence-electron chi connectivity index (χ1n) is 3.98. The highest BCUT2D eigenvalue weighted by Gasteiger charge is 1.94. The maximum absolute atomic E-state index is 5.37. The van der Waals surface area contributed by atoms with E-state index in [1.165, 1.54) is 0 Å². The van der Waals surface area contributed by atoms with E-state index in [1.54, 1.807) is 10.9 Å². The van der Waals surface area contributed by atoms with Gasteiger partial charge in [-0.1, -0.05) is 13.3 Å². The molecule has 0 fully saturated rings. The van der Waals surface area contributed by atoms with E-state index in [0.717, 1.165) is 25.3 Å². The summed E-state index contributed by atoms with van der Waals surface area (Å²) in [5.74, 6) is 0.904. The lowest BCUT2D eigenvalue weighted by molar-refractivity contribution is 0.102. The zero-order valence-electron chi connectivity index (χ0n) is 7.08. The summed E-state index contributed by atoms with van der Waals surface area (Å²) in [7, 11) is 0. The summed E-state index contributed by atoms with van der Waals surface area (Å²) in [5.41, 5.74) is 0. The Balaban J connectivity index is 2.32. The molecular weight excluding hydrogens is 140 g/mol. The van der Waals surface area contributed by atoms with Gasteiger partial charge in [0.25, 0.3) is 0 Å². The normalized spacial score (nSPS) is 10.0. The van der Waals surface area contributed by atoms with Crippen molar-refractivity contribution in [2.45, 2.75) is 26.7 Å². The lowest BCUT2D eigenvalue weighted by Gasteiger charge is -2.05. The smallest absolute Gasteiger partial charge is 0.141 e. The van der Waals surface area contributed by atoms with Crippen molar-refractivity contribution in [1.82, 2.24) is 9.71 Å². The fourth-order valence-electron chi connectivity index (χ4n) is 0.810. The highest BCUT2D eigenvalue weighted by atomic mass is 16.7. The Hall–Kier alpha value is -0.990. The molecule has 1 aromatic rings. The van der Waals surface area contributed by atoms with Crippen molar-refractivity contribution in [2.75, 3.05) is 6.61 Å². The van der Waals surface area contributed by atoms with Crippen molar-refractivity contribution in [3.05, 3.63) is 18.2 Å². The second-order valence-corrected chi connectivity index (χ2v) is 2.49. The summed E-state index contributed by atoms with van der Waals surface area (Å²) < 4.78 is 1.70. The van der Waals surface area contributed by atoms with Gasteiger partial charge in [-0.3, -0.25) is 0 Å². The molecule has 0 radical (unpaired) electrons. The van der Waals surface area contributed by atoms with Gasteiger partial charge in [0.05, 0.1) is 6.20 Å². The second-order valence-electron chi connectivity index (χ2n) is 2.49. The molecule has 0 spiro atoms. The first kappa shape index (κ1) is 8.11. The minimum absolute atomic E-state index is 0.772. The Bertz CT molecular complexity index is 208. The van der Waals surface area contributed by atoms with E-state index in [2.05, 4.69) is 11.9 Å². The predicted molar refractivity (Wildman–Crippen MR) is 43.3 cm³/mol. The molecule has 0 aliphatic carbocycles. The van der Waals surface area contributed by atoms with E-state index in [9.17, 15) is 0 Å². The molecule has 0 aliphatic heterocycles. The third kappa shape index (κ3) is 2.26. The van der Waals surface area contributed by atoms with E-state index < -0.39 is 0 Å². The molecule has 0 N–H and O–H groups in total. The summed E-state index contributed by atoms with van der Waals surface area (Å²) in [6, 6.07) is 0. The number of hydrogen-bond acceptors (Lipinski definition) is 2. The van der Waals surface area contributed by atoms with Gasteiger partial charge < -0.3 is 4.84 Å². The van der Waals surface area contributed by atoms with Gasteiger partial charge >= 0.3 is 0 Å². The molecule has 62 valence electrons. The van der Waals surface area contributed by atoms with Crippen LogP contribution in [0.15, 0.2) is 12.4 Å². The van der Waals surface area contributed by atoms with Gasteiger partial charge in [-0.15, -0.1) is 0 Å². The van der Waals surface area contributed by atoms with Crippen molar-refractivity contribution >= 4 is 0 Å².